The number of aromatic nitrogens is 4. The van der Waals surface area contributed by atoms with Crippen LogP contribution >= 0.6 is 0 Å². The molecular weight excluding hydrogens is 630 g/mol. The summed E-state index contributed by atoms with van der Waals surface area (Å²) in [6, 6.07) is 20.8. The third kappa shape index (κ3) is 6.16. The summed E-state index contributed by atoms with van der Waals surface area (Å²) < 4.78 is 10.3. The Labute approximate surface area is 291 Å². The number of amides is 2. The molecule has 4 N–H and O–H groups in total. The maximum absolute atomic E-state index is 13.9. The van der Waals surface area contributed by atoms with Crippen LogP contribution in [0.5, 0.6) is 0 Å². The number of ether oxygens (including phenoxy) is 2. The minimum absolute atomic E-state index is 0.109. The first-order valence-electron chi connectivity index (χ1n) is 17.5. The molecule has 258 valence electrons. The summed E-state index contributed by atoms with van der Waals surface area (Å²) in [5, 5.41) is 8.55. The summed E-state index contributed by atoms with van der Waals surface area (Å²) in [7, 11) is 2.81. The molecule has 3 aliphatic rings. The second-order valence-corrected chi connectivity index (χ2v) is 14.1. The number of nitrogens with zero attached hydrogens (tertiary/aromatic N) is 3. The lowest BCUT2D eigenvalue weighted by Gasteiger charge is -2.30. The molecule has 1 aliphatic carbocycles. The molecule has 1 spiro atoms. The number of likely N-dealkylation sites (tertiary alicyclic amines) is 1. The third-order valence-electron chi connectivity index (χ3n) is 10.9. The Balaban J connectivity index is 0.985. The van der Waals surface area contributed by atoms with Gasteiger partial charge in [0.1, 0.15) is 17.7 Å². The van der Waals surface area contributed by atoms with Gasteiger partial charge in [-0.3, -0.25) is 4.79 Å². The van der Waals surface area contributed by atoms with Crippen molar-refractivity contribution < 1.29 is 19.1 Å². The molecule has 11 heteroatoms. The van der Waals surface area contributed by atoms with Crippen LogP contribution in [0, 0.1) is 5.41 Å². The smallest absolute Gasteiger partial charge is 0.407 e. The molecule has 4 unspecified atom stereocenters. The summed E-state index contributed by atoms with van der Waals surface area (Å²) >= 11 is 0. The van der Waals surface area contributed by atoms with Crippen LogP contribution in [0.1, 0.15) is 62.8 Å². The molecule has 2 aliphatic heterocycles. The number of imidazole rings is 2. The van der Waals surface area contributed by atoms with Crippen LogP contribution in [0.2, 0.25) is 0 Å². The molecule has 0 radical (unpaired) electrons. The average Bonchev–Trinajstić information content (AvgIpc) is 3.72. The fourth-order valence-electron chi connectivity index (χ4n) is 7.62. The Bertz CT molecular complexity index is 2030. The Kier molecular flexibility index (Phi) is 8.40. The number of fused-ring (bicyclic) bond motifs is 1. The monoisotopic (exact) mass is 673 g/mol. The van der Waals surface area contributed by atoms with E-state index in [0.29, 0.717) is 12.6 Å². The summed E-state index contributed by atoms with van der Waals surface area (Å²) in [4.78, 5) is 44.3. The molecule has 11 nitrogen and oxygen atoms in total. The SMILES string of the molecule is COC(=O)NC(C(=O)N1CC2(CC2)CC1c1ncc(-c2ccc(-c3ccc4cc(-c5cnc(C6CCCN6)[nH]5)ccc4c3)cc2)[nH]1)C(C)OC. The highest BCUT2D eigenvalue weighted by Gasteiger charge is 2.55. The van der Waals surface area contributed by atoms with Gasteiger partial charge in [0.05, 0.1) is 49.1 Å². The molecular formula is C39H43N7O4. The Hall–Kier alpha value is -5.00. The second-order valence-electron chi connectivity index (χ2n) is 14.1. The normalized spacial score (nSPS) is 20.7. The van der Waals surface area contributed by atoms with Crippen LogP contribution in [-0.4, -0.2) is 76.3 Å². The fraction of sp³-hybridized carbons (Fsp3) is 0.385. The Morgan fingerprint density at radius 1 is 0.880 bits per heavy atom. The lowest BCUT2D eigenvalue weighted by atomic mass is 9.98. The highest BCUT2D eigenvalue weighted by Crippen LogP contribution is 2.58. The van der Waals surface area contributed by atoms with Gasteiger partial charge >= 0.3 is 6.09 Å². The maximum atomic E-state index is 13.9. The van der Waals surface area contributed by atoms with Gasteiger partial charge < -0.3 is 35.0 Å². The van der Waals surface area contributed by atoms with Gasteiger partial charge in [-0.2, -0.15) is 0 Å². The standard InChI is InChI=1S/C39H43N7O4/c1-23(49-2)34(45-38(48)50-3)37(47)46-22-39(14-15-39)19-33(46)36-42-20-31(44-36)25-8-6-24(7-9-25)26-10-11-28-18-29(13-12-27(28)17-26)32-21-41-35(43-32)30-5-4-16-40-30/h6-13,17-18,20-21,23,30,33-34,40H,4-5,14-16,19,22H2,1-3H3,(H,41,43)(H,42,44)(H,45,48). The van der Waals surface area contributed by atoms with Crippen LogP contribution in [-0.2, 0) is 14.3 Å². The molecule has 2 saturated heterocycles. The number of carbonyl (C=O) groups is 2. The van der Waals surface area contributed by atoms with Crippen LogP contribution in [0.15, 0.2) is 73.1 Å². The van der Waals surface area contributed by atoms with Crippen molar-refractivity contribution in [3.8, 4) is 33.6 Å². The van der Waals surface area contributed by atoms with E-state index in [2.05, 4.69) is 86.2 Å². The van der Waals surface area contributed by atoms with E-state index >= 15 is 0 Å². The number of H-pyrrole nitrogens is 2. The molecule has 1 saturated carbocycles. The highest BCUT2D eigenvalue weighted by atomic mass is 16.5. The summed E-state index contributed by atoms with van der Waals surface area (Å²) in [5.74, 6) is 1.57. The van der Waals surface area contributed by atoms with Crippen molar-refractivity contribution in [2.45, 2.75) is 63.3 Å². The van der Waals surface area contributed by atoms with Gasteiger partial charge in [-0.05, 0) is 90.6 Å². The van der Waals surface area contributed by atoms with E-state index in [1.807, 2.05) is 17.3 Å². The summed E-state index contributed by atoms with van der Waals surface area (Å²) in [6.45, 7) is 3.45. The molecule has 0 bridgehead atoms. The number of rotatable bonds is 9. The van der Waals surface area contributed by atoms with Crippen LogP contribution < -0.4 is 10.6 Å². The van der Waals surface area contributed by atoms with E-state index in [9.17, 15) is 9.59 Å². The van der Waals surface area contributed by atoms with E-state index < -0.39 is 18.2 Å². The number of methoxy groups -OCH3 is 2. The van der Waals surface area contributed by atoms with Crippen molar-refractivity contribution in [3.63, 3.8) is 0 Å². The van der Waals surface area contributed by atoms with Crippen molar-refractivity contribution in [1.29, 1.82) is 0 Å². The van der Waals surface area contributed by atoms with Crippen molar-refractivity contribution >= 4 is 22.8 Å². The largest absolute Gasteiger partial charge is 0.453 e. The van der Waals surface area contributed by atoms with Crippen molar-refractivity contribution in [1.82, 2.24) is 35.5 Å². The van der Waals surface area contributed by atoms with Crippen LogP contribution in [0.4, 0.5) is 4.79 Å². The molecule has 4 heterocycles. The summed E-state index contributed by atoms with van der Waals surface area (Å²) in [6.07, 6.45) is 7.88. The topological polar surface area (TPSA) is 137 Å². The van der Waals surface area contributed by atoms with Gasteiger partial charge in [-0.15, -0.1) is 0 Å². The molecule has 3 aromatic carbocycles. The number of alkyl carbamates (subject to hydrolysis) is 1. The van der Waals surface area contributed by atoms with Crippen LogP contribution in [0.3, 0.4) is 0 Å². The number of carbonyl (C=O) groups excluding carboxylic acids is 2. The van der Waals surface area contributed by atoms with Gasteiger partial charge in [0.15, 0.2) is 0 Å². The van der Waals surface area contributed by atoms with Crippen molar-refractivity contribution in [2.24, 2.45) is 5.41 Å². The summed E-state index contributed by atoms with van der Waals surface area (Å²) in [5.41, 5.74) is 6.45. The van der Waals surface area contributed by atoms with E-state index in [4.69, 9.17) is 14.5 Å². The van der Waals surface area contributed by atoms with Crippen LogP contribution in [0.25, 0.3) is 44.4 Å². The van der Waals surface area contributed by atoms with Crippen molar-refractivity contribution in [2.75, 3.05) is 27.3 Å². The lowest BCUT2D eigenvalue weighted by Crippen LogP contribution is -2.54. The van der Waals surface area contributed by atoms with Gasteiger partial charge in [0, 0.05) is 19.2 Å². The first kappa shape index (κ1) is 32.2. The number of hydrogen-bond acceptors (Lipinski definition) is 7. The zero-order valence-corrected chi connectivity index (χ0v) is 28.7. The highest BCUT2D eigenvalue weighted by molar-refractivity contribution is 5.91. The van der Waals surface area contributed by atoms with E-state index in [0.717, 1.165) is 77.5 Å². The molecule has 50 heavy (non-hydrogen) atoms. The number of nitrogens with one attached hydrogen (secondary N) is 4. The number of aromatic amines is 2. The Morgan fingerprint density at radius 2 is 1.52 bits per heavy atom. The molecule has 8 rings (SSSR count). The van der Waals surface area contributed by atoms with E-state index in [1.54, 1.807) is 6.92 Å². The zero-order valence-electron chi connectivity index (χ0n) is 28.7. The Morgan fingerprint density at radius 3 is 2.20 bits per heavy atom. The zero-order chi connectivity index (χ0) is 34.4. The number of benzene rings is 3. The quantitative estimate of drug-likeness (QED) is 0.140. The third-order valence-corrected chi connectivity index (χ3v) is 10.9. The van der Waals surface area contributed by atoms with Gasteiger partial charge in [0.2, 0.25) is 5.91 Å². The van der Waals surface area contributed by atoms with Gasteiger partial charge in [-0.1, -0.05) is 48.5 Å². The van der Waals surface area contributed by atoms with E-state index in [1.165, 1.54) is 31.4 Å². The molecule has 2 aromatic heterocycles. The average molecular weight is 674 g/mol. The minimum atomic E-state index is -0.869. The number of hydrogen-bond donors (Lipinski definition) is 4. The first-order valence-corrected chi connectivity index (χ1v) is 17.5. The van der Waals surface area contributed by atoms with Gasteiger partial charge in [0.25, 0.3) is 0 Å². The van der Waals surface area contributed by atoms with Gasteiger partial charge in [-0.25, -0.2) is 14.8 Å². The fourth-order valence-corrected chi connectivity index (χ4v) is 7.62. The second kappa shape index (κ2) is 13.0. The van der Waals surface area contributed by atoms with Crippen molar-refractivity contribution in [3.05, 3.63) is 84.7 Å². The molecule has 2 amide bonds. The van der Waals surface area contributed by atoms with E-state index in [-0.39, 0.29) is 17.4 Å². The maximum Gasteiger partial charge on any atom is 0.407 e. The predicted molar refractivity (Wildman–Crippen MR) is 191 cm³/mol. The molecule has 4 atom stereocenters. The first-order chi connectivity index (χ1) is 24.3. The minimum Gasteiger partial charge on any atom is -0.453 e. The molecule has 3 fully saturated rings. The predicted octanol–water partition coefficient (Wildman–Crippen LogP) is 6.52. The molecule has 5 aromatic rings. The lowest BCUT2D eigenvalue weighted by molar-refractivity contribution is -0.137.